The Bertz CT molecular complexity index is 712. The van der Waals surface area contributed by atoms with Crippen LogP contribution in [0.3, 0.4) is 0 Å². The minimum Gasteiger partial charge on any atom is -0.312 e. The first kappa shape index (κ1) is 14.2. The zero-order valence-electron chi connectivity index (χ0n) is 11.8. The van der Waals surface area contributed by atoms with E-state index in [1.807, 2.05) is 37.3 Å². The number of hydrogen-bond donors (Lipinski definition) is 1. The molecule has 1 aromatic heterocycles. The molecule has 112 valence electrons. The van der Waals surface area contributed by atoms with Crippen LogP contribution in [-0.4, -0.2) is 48.2 Å². The third-order valence-electron chi connectivity index (χ3n) is 3.55. The number of nitrogens with zero attached hydrogens (tertiary/aromatic N) is 3. The van der Waals surface area contributed by atoms with E-state index in [1.54, 1.807) is 10.9 Å². The molecule has 2 heterocycles. The predicted molar refractivity (Wildman–Crippen MR) is 79.8 cm³/mol. The van der Waals surface area contributed by atoms with Gasteiger partial charge in [0.2, 0.25) is 10.0 Å². The fourth-order valence-electron chi connectivity index (χ4n) is 2.43. The molecule has 6 nitrogen and oxygen atoms in total. The second-order valence-electron chi connectivity index (χ2n) is 5.17. The summed E-state index contributed by atoms with van der Waals surface area (Å²) in [4.78, 5) is 0.237. The van der Waals surface area contributed by atoms with Gasteiger partial charge >= 0.3 is 0 Å². The van der Waals surface area contributed by atoms with Crippen molar-refractivity contribution in [2.75, 3.05) is 19.6 Å². The lowest BCUT2D eigenvalue weighted by Gasteiger charge is -2.30. The third kappa shape index (κ3) is 2.85. The molecule has 0 bridgehead atoms. The fraction of sp³-hybridized carbons (Fsp3) is 0.357. The molecule has 0 saturated carbocycles. The van der Waals surface area contributed by atoms with Crippen molar-refractivity contribution in [2.45, 2.75) is 17.9 Å². The van der Waals surface area contributed by atoms with Crippen molar-refractivity contribution in [1.82, 2.24) is 19.4 Å². The van der Waals surface area contributed by atoms with Crippen molar-refractivity contribution in [3.05, 3.63) is 42.7 Å². The molecule has 1 aliphatic rings. The van der Waals surface area contributed by atoms with Crippen LogP contribution in [0.15, 0.2) is 47.6 Å². The van der Waals surface area contributed by atoms with E-state index in [0.717, 1.165) is 5.69 Å². The minimum atomic E-state index is -3.47. The van der Waals surface area contributed by atoms with Gasteiger partial charge in [-0.05, 0) is 19.1 Å². The summed E-state index contributed by atoms with van der Waals surface area (Å²) >= 11 is 0. The molecule has 0 amide bonds. The van der Waals surface area contributed by atoms with Crippen molar-refractivity contribution in [3.8, 4) is 5.69 Å². The van der Waals surface area contributed by atoms with Gasteiger partial charge in [-0.25, -0.2) is 13.1 Å². The smallest absolute Gasteiger partial charge is 0.246 e. The molecule has 21 heavy (non-hydrogen) atoms. The lowest BCUT2D eigenvalue weighted by atomic mass is 10.3. The van der Waals surface area contributed by atoms with Crippen molar-refractivity contribution < 1.29 is 8.42 Å². The van der Waals surface area contributed by atoms with Gasteiger partial charge in [0.1, 0.15) is 4.90 Å². The average Bonchev–Trinajstić information content (AvgIpc) is 2.99. The summed E-state index contributed by atoms with van der Waals surface area (Å²) in [7, 11) is -3.47. The first-order chi connectivity index (χ1) is 10.1. The van der Waals surface area contributed by atoms with Crippen LogP contribution in [0, 0.1) is 0 Å². The molecule has 3 rings (SSSR count). The van der Waals surface area contributed by atoms with Crippen LogP contribution in [0.2, 0.25) is 0 Å². The van der Waals surface area contributed by atoms with Crippen LogP contribution >= 0.6 is 0 Å². The highest BCUT2D eigenvalue weighted by Crippen LogP contribution is 2.18. The summed E-state index contributed by atoms with van der Waals surface area (Å²) in [6.45, 7) is 3.63. The van der Waals surface area contributed by atoms with Gasteiger partial charge in [0.05, 0.1) is 18.1 Å². The monoisotopic (exact) mass is 306 g/mol. The third-order valence-corrected chi connectivity index (χ3v) is 5.37. The molecule has 1 N–H and O–H groups in total. The Kier molecular flexibility index (Phi) is 3.79. The van der Waals surface area contributed by atoms with Crippen molar-refractivity contribution in [1.29, 1.82) is 0 Å². The molecule has 1 aromatic carbocycles. The van der Waals surface area contributed by atoms with Crippen LogP contribution in [-0.2, 0) is 10.0 Å². The minimum absolute atomic E-state index is 0.165. The lowest BCUT2D eigenvalue weighted by molar-refractivity contribution is 0.310. The van der Waals surface area contributed by atoms with Crippen LogP contribution in [0.25, 0.3) is 5.69 Å². The maximum atomic E-state index is 12.6. The highest BCUT2D eigenvalue weighted by molar-refractivity contribution is 7.89. The predicted octanol–water partition coefficient (Wildman–Crippen LogP) is 0.855. The van der Waals surface area contributed by atoms with Crippen LogP contribution in [0.1, 0.15) is 6.92 Å². The zero-order valence-corrected chi connectivity index (χ0v) is 12.6. The lowest BCUT2D eigenvalue weighted by Crippen LogP contribution is -2.51. The average molecular weight is 306 g/mol. The van der Waals surface area contributed by atoms with Crippen LogP contribution < -0.4 is 5.32 Å². The SMILES string of the molecule is CC1CN(S(=O)(=O)c2cnn(-c3ccccc3)c2)CCN1. The van der Waals surface area contributed by atoms with E-state index in [4.69, 9.17) is 0 Å². The topological polar surface area (TPSA) is 67.2 Å². The summed E-state index contributed by atoms with van der Waals surface area (Å²) in [6.07, 6.45) is 2.98. The first-order valence-electron chi connectivity index (χ1n) is 6.91. The Hall–Kier alpha value is -1.70. The molecule has 0 radical (unpaired) electrons. The van der Waals surface area contributed by atoms with Gasteiger partial charge < -0.3 is 5.32 Å². The molecule has 1 aliphatic heterocycles. The molecule has 1 atom stereocenters. The van der Waals surface area contributed by atoms with Gasteiger partial charge in [-0.3, -0.25) is 0 Å². The fourth-order valence-corrected chi connectivity index (χ4v) is 3.89. The van der Waals surface area contributed by atoms with Crippen molar-refractivity contribution in [2.24, 2.45) is 0 Å². The van der Waals surface area contributed by atoms with Gasteiger partial charge in [-0.1, -0.05) is 18.2 Å². The van der Waals surface area contributed by atoms with E-state index in [1.165, 1.54) is 10.5 Å². The number of piperazine rings is 1. The number of aromatic nitrogens is 2. The second-order valence-corrected chi connectivity index (χ2v) is 7.11. The van der Waals surface area contributed by atoms with Gasteiger partial charge in [-0.2, -0.15) is 9.40 Å². The number of benzene rings is 1. The number of sulfonamides is 1. The molecule has 1 fully saturated rings. The molecule has 0 aliphatic carbocycles. The number of para-hydroxylation sites is 1. The van der Waals surface area contributed by atoms with Crippen LogP contribution in [0.4, 0.5) is 0 Å². The Morgan fingerprint density at radius 3 is 2.76 bits per heavy atom. The maximum absolute atomic E-state index is 12.6. The van der Waals surface area contributed by atoms with Crippen LogP contribution in [0.5, 0.6) is 0 Å². The molecule has 2 aromatic rings. The highest BCUT2D eigenvalue weighted by atomic mass is 32.2. The molecular weight excluding hydrogens is 288 g/mol. The van der Waals surface area contributed by atoms with Gasteiger partial charge in [0, 0.05) is 25.7 Å². The molecule has 0 spiro atoms. The van der Waals surface area contributed by atoms with Gasteiger partial charge in [0.15, 0.2) is 0 Å². The van der Waals surface area contributed by atoms with E-state index in [-0.39, 0.29) is 10.9 Å². The Labute approximate surface area is 124 Å². The highest BCUT2D eigenvalue weighted by Gasteiger charge is 2.29. The first-order valence-corrected chi connectivity index (χ1v) is 8.35. The zero-order chi connectivity index (χ0) is 14.9. The Morgan fingerprint density at radius 2 is 2.05 bits per heavy atom. The maximum Gasteiger partial charge on any atom is 0.246 e. The molecule has 7 heteroatoms. The number of rotatable bonds is 3. The molecular formula is C14H18N4O2S. The molecule has 1 saturated heterocycles. The quantitative estimate of drug-likeness (QED) is 0.913. The normalized spacial score (nSPS) is 20.5. The van der Waals surface area contributed by atoms with Gasteiger partial charge in [-0.15, -0.1) is 0 Å². The van der Waals surface area contributed by atoms with E-state index in [2.05, 4.69) is 10.4 Å². The standard InChI is InChI=1S/C14H18N4O2S/c1-12-10-17(8-7-15-12)21(19,20)14-9-16-18(11-14)13-5-3-2-4-6-13/h2-6,9,11-12,15H,7-8,10H2,1H3. The largest absolute Gasteiger partial charge is 0.312 e. The number of hydrogen-bond acceptors (Lipinski definition) is 4. The van der Waals surface area contributed by atoms with E-state index in [0.29, 0.717) is 19.6 Å². The Morgan fingerprint density at radius 1 is 1.29 bits per heavy atom. The number of nitrogens with one attached hydrogen (secondary N) is 1. The van der Waals surface area contributed by atoms with Crippen molar-refractivity contribution >= 4 is 10.0 Å². The summed E-state index contributed by atoms with van der Waals surface area (Å²) in [5, 5.41) is 7.40. The Balaban J connectivity index is 1.88. The summed E-state index contributed by atoms with van der Waals surface area (Å²) in [5.41, 5.74) is 0.840. The van der Waals surface area contributed by atoms with Gasteiger partial charge in [0.25, 0.3) is 0 Å². The van der Waals surface area contributed by atoms with E-state index >= 15 is 0 Å². The summed E-state index contributed by atoms with van der Waals surface area (Å²) < 4.78 is 28.3. The summed E-state index contributed by atoms with van der Waals surface area (Å²) in [6, 6.07) is 9.63. The van der Waals surface area contributed by atoms with E-state index in [9.17, 15) is 8.42 Å². The van der Waals surface area contributed by atoms with E-state index < -0.39 is 10.0 Å². The molecule has 1 unspecified atom stereocenters. The second kappa shape index (κ2) is 5.59. The van der Waals surface area contributed by atoms with Crippen molar-refractivity contribution in [3.63, 3.8) is 0 Å². The summed E-state index contributed by atoms with van der Waals surface area (Å²) in [5.74, 6) is 0.